The Morgan fingerprint density at radius 3 is 2.68 bits per heavy atom. The van der Waals surface area contributed by atoms with Gasteiger partial charge in [-0.3, -0.25) is 4.79 Å². The number of rotatable bonds is 6. The second kappa shape index (κ2) is 8.02. The minimum Gasteiger partial charge on any atom is -0.444 e. The lowest BCUT2D eigenvalue weighted by atomic mass is 10.0. The summed E-state index contributed by atoms with van der Waals surface area (Å²) in [5.41, 5.74) is 1.22. The number of amides is 2. The third kappa shape index (κ3) is 5.49. The quantitative estimate of drug-likeness (QED) is 0.639. The summed E-state index contributed by atoms with van der Waals surface area (Å²) < 4.78 is 5.24. The Bertz CT molecular complexity index is 733. The van der Waals surface area contributed by atoms with Gasteiger partial charge >= 0.3 is 6.09 Å². The van der Waals surface area contributed by atoms with Gasteiger partial charge in [0.1, 0.15) is 11.6 Å². The van der Waals surface area contributed by atoms with Crippen LogP contribution in [0.25, 0.3) is 10.9 Å². The van der Waals surface area contributed by atoms with Gasteiger partial charge in [0.2, 0.25) is 5.91 Å². The number of nitrogens with one attached hydrogen (secondary N) is 3. The summed E-state index contributed by atoms with van der Waals surface area (Å²) in [7, 11) is 0. The molecule has 1 aromatic carbocycles. The number of aliphatic hydroxyl groups is 1. The topological polar surface area (TPSA) is 103 Å². The van der Waals surface area contributed by atoms with Crippen LogP contribution in [-0.4, -0.2) is 46.9 Å². The van der Waals surface area contributed by atoms with Gasteiger partial charge in [-0.05, 0) is 32.4 Å². The van der Waals surface area contributed by atoms with E-state index in [1.807, 2.05) is 30.5 Å². The average Bonchev–Trinajstić information content (AvgIpc) is 2.93. The van der Waals surface area contributed by atoms with Crippen molar-refractivity contribution in [1.82, 2.24) is 15.6 Å². The molecule has 1 atom stereocenters. The number of para-hydroxylation sites is 1. The molecular weight excluding hydrogens is 322 g/mol. The highest BCUT2D eigenvalue weighted by Gasteiger charge is 2.25. The van der Waals surface area contributed by atoms with Gasteiger partial charge < -0.3 is 25.5 Å². The molecule has 0 saturated carbocycles. The van der Waals surface area contributed by atoms with Crippen LogP contribution in [0.4, 0.5) is 4.79 Å². The van der Waals surface area contributed by atoms with Gasteiger partial charge in [0.15, 0.2) is 0 Å². The van der Waals surface area contributed by atoms with Crippen LogP contribution in [0, 0.1) is 0 Å². The first kappa shape index (κ1) is 18.8. The second-order valence-electron chi connectivity index (χ2n) is 6.78. The van der Waals surface area contributed by atoms with E-state index in [-0.39, 0.29) is 19.1 Å². The number of aromatic amines is 1. The molecule has 0 fully saturated rings. The molecule has 0 unspecified atom stereocenters. The van der Waals surface area contributed by atoms with Crippen molar-refractivity contribution in [2.75, 3.05) is 13.2 Å². The van der Waals surface area contributed by atoms with E-state index in [2.05, 4.69) is 15.6 Å². The molecule has 2 aromatic rings. The van der Waals surface area contributed by atoms with Crippen LogP contribution in [0.3, 0.4) is 0 Å². The van der Waals surface area contributed by atoms with Gasteiger partial charge in [-0.2, -0.15) is 0 Å². The highest BCUT2D eigenvalue weighted by Crippen LogP contribution is 2.19. The Hall–Kier alpha value is -2.54. The van der Waals surface area contributed by atoms with Crippen molar-refractivity contribution in [3.8, 4) is 0 Å². The first-order chi connectivity index (χ1) is 11.8. The van der Waals surface area contributed by atoms with E-state index in [0.29, 0.717) is 6.42 Å². The van der Waals surface area contributed by atoms with E-state index >= 15 is 0 Å². The van der Waals surface area contributed by atoms with E-state index in [1.165, 1.54) is 0 Å². The van der Waals surface area contributed by atoms with Crippen LogP contribution >= 0.6 is 0 Å². The molecule has 0 radical (unpaired) electrons. The minimum atomic E-state index is -0.805. The third-order valence-electron chi connectivity index (χ3n) is 3.52. The molecule has 0 saturated heterocycles. The highest BCUT2D eigenvalue weighted by molar-refractivity contribution is 5.88. The van der Waals surface area contributed by atoms with E-state index in [0.717, 1.165) is 16.5 Å². The predicted molar refractivity (Wildman–Crippen MR) is 95.3 cm³/mol. The zero-order valence-corrected chi connectivity index (χ0v) is 14.8. The van der Waals surface area contributed by atoms with Gasteiger partial charge in [-0.15, -0.1) is 0 Å². The maximum atomic E-state index is 12.4. The summed E-state index contributed by atoms with van der Waals surface area (Å²) in [5.74, 6) is -0.370. The zero-order chi connectivity index (χ0) is 18.4. The minimum absolute atomic E-state index is 0.124. The van der Waals surface area contributed by atoms with Crippen LogP contribution in [0.5, 0.6) is 0 Å². The predicted octanol–water partition coefficient (Wildman–Crippen LogP) is 1.71. The average molecular weight is 347 g/mol. The van der Waals surface area contributed by atoms with E-state index in [4.69, 9.17) is 9.84 Å². The fraction of sp³-hybridized carbons (Fsp3) is 0.444. The van der Waals surface area contributed by atoms with Crippen molar-refractivity contribution >= 4 is 22.9 Å². The molecule has 7 heteroatoms. The number of carbonyl (C=O) groups excluding carboxylic acids is 2. The summed E-state index contributed by atoms with van der Waals surface area (Å²) in [5, 5.41) is 15.1. The van der Waals surface area contributed by atoms with Gasteiger partial charge in [0, 0.05) is 30.1 Å². The third-order valence-corrected chi connectivity index (χ3v) is 3.52. The highest BCUT2D eigenvalue weighted by atomic mass is 16.6. The molecule has 25 heavy (non-hydrogen) atoms. The lowest BCUT2D eigenvalue weighted by Gasteiger charge is -2.23. The zero-order valence-electron chi connectivity index (χ0n) is 14.8. The fourth-order valence-corrected chi connectivity index (χ4v) is 2.48. The number of aliphatic hydroxyl groups excluding tert-OH is 1. The van der Waals surface area contributed by atoms with Crippen molar-refractivity contribution in [2.24, 2.45) is 0 Å². The molecule has 136 valence electrons. The van der Waals surface area contributed by atoms with Gasteiger partial charge in [-0.25, -0.2) is 4.79 Å². The van der Waals surface area contributed by atoms with Crippen molar-refractivity contribution in [2.45, 2.75) is 38.8 Å². The maximum Gasteiger partial charge on any atom is 0.408 e. The number of fused-ring (bicyclic) bond motifs is 1. The van der Waals surface area contributed by atoms with Crippen LogP contribution in [-0.2, 0) is 16.0 Å². The fourth-order valence-electron chi connectivity index (χ4n) is 2.48. The van der Waals surface area contributed by atoms with Crippen molar-refractivity contribution in [3.63, 3.8) is 0 Å². The van der Waals surface area contributed by atoms with Crippen LogP contribution in [0.1, 0.15) is 26.3 Å². The molecule has 1 heterocycles. The molecule has 0 bridgehead atoms. The van der Waals surface area contributed by atoms with E-state index in [9.17, 15) is 9.59 Å². The van der Waals surface area contributed by atoms with Crippen LogP contribution in [0.2, 0.25) is 0 Å². The number of hydrogen-bond donors (Lipinski definition) is 4. The van der Waals surface area contributed by atoms with Gasteiger partial charge in [0.25, 0.3) is 0 Å². The first-order valence-corrected chi connectivity index (χ1v) is 8.23. The summed E-state index contributed by atoms with van der Waals surface area (Å²) in [6, 6.07) is 6.94. The van der Waals surface area contributed by atoms with E-state index in [1.54, 1.807) is 20.8 Å². The Balaban J connectivity index is 2.16. The molecule has 0 spiro atoms. The summed E-state index contributed by atoms with van der Waals surface area (Å²) >= 11 is 0. The van der Waals surface area contributed by atoms with Crippen molar-refractivity contribution in [3.05, 3.63) is 36.0 Å². The first-order valence-electron chi connectivity index (χ1n) is 8.23. The van der Waals surface area contributed by atoms with E-state index < -0.39 is 17.7 Å². The SMILES string of the molecule is CC(C)(C)OC(=O)N[C@H](Cc1c[nH]c2ccccc12)C(=O)NCCO. The number of ether oxygens (including phenoxy) is 1. The number of H-pyrrole nitrogens is 1. The van der Waals surface area contributed by atoms with Gasteiger partial charge in [-0.1, -0.05) is 18.2 Å². The van der Waals surface area contributed by atoms with Crippen molar-refractivity contribution < 1.29 is 19.4 Å². The molecule has 1 aromatic heterocycles. The smallest absolute Gasteiger partial charge is 0.408 e. The number of aromatic nitrogens is 1. The lowest BCUT2D eigenvalue weighted by Crippen LogP contribution is -2.49. The molecule has 7 nitrogen and oxygen atoms in total. The Morgan fingerprint density at radius 1 is 1.28 bits per heavy atom. The number of benzene rings is 1. The Morgan fingerprint density at radius 2 is 2.00 bits per heavy atom. The molecule has 4 N–H and O–H groups in total. The largest absolute Gasteiger partial charge is 0.444 e. The summed E-state index contributed by atoms with van der Waals surface area (Å²) in [6.07, 6.45) is 1.48. The second-order valence-corrected chi connectivity index (χ2v) is 6.78. The molecule has 0 aliphatic heterocycles. The summed E-state index contributed by atoms with van der Waals surface area (Å²) in [6.45, 7) is 5.23. The standard InChI is InChI=1S/C18H25N3O4/c1-18(2,3)25-17(24)21-15(16(23)19-8-9-22)10-12-11-20-14-7-5-4-6-13(12)14/h4-7,11,15,20,22H,8-10H2,1-3H3,(H,19,23)(H,21,24)/t15-/m1/s1. The Kier molecular flexibility index (Phi) is 6.03. The number of carbonyl (C=O) groups is 2. The molecule has 2 amide bonds. The normalized spacial score (nSPS) is 12.6. The summed E-state index contributed by atoms with van der Waals surface area (Å²) in [4.78, 5) is 27.6. The Labute approximate surface area is 146 Å². The van der Waals surface area contributed by atoms with Crippen LogP contribution < -0.4 is 10.6 Å². The van der Waals surface area contributed by atoms with Crippen molar-refractivity contribution in [1.29, 1.82) is 0 Å². The molecular formula is C18H25N3O4. The monoisotopic (exact) mass is 347 g/mol. The van der Waals surface area contributed by atoms with Gasteiger partial charge in [0.05, 0.1) is 6.61 Å². The maximum absolute atomic E-state index is 12.4. The molecule has 0 aliphatic rings. The lowest BCUT2D eigenvalue weighted by molar-refractivity contribution is -0.123. The molecule has 0 aliphatic carbocycles. The number of alkyl carbamates (subject to hydrolysis) is 1. The van der Waals surface area contributed by atoms with Crippen LogP contribution in [0.15, 0.2) is 30.5 Å². The molecule has 2 rings (SSSR count). The number of hydrogen-bond acceptors (Lipinski definition) is 4.